The van der Waals surface area contributed by atoms with Gasteiger partial charge in [0, 0.05) is 26.2 Å². The summed E-state index contributed by atoms with van der Waals surface area (Å²) in [7, 11) is 1.71. The van der Waals surface area contributed by atoms with E-state index in [9.17, 15) is 4.79 Å². The number of methoxy groups -OCH3 is 1. The van der Waals surface area contributed by atoms with Crippen LogP contribution < -0.4 is 11.1 Å². The first kappa shape index (κ1) is 16.9. The number of ether oxygens (including phenoxy) is 1. The number of carbonyl (C=O) groups is 1. The number of hydrogen-bond donors (Lipinski definition) is 2. The van der Waals surface area contributed by atoms with Gasteiger partial charge in [-0.05, 0) is 31.9 Å². The first-order chi connectivity index (χ1) is 10.6. The lowest BCUT2D eigenvalue weighted by molar-refractivity contribution is -0.126. The van der Waals surface area contributed by atoms with Crippen molar-refractivity contribution >= 4 is 5.91 Å². The lowest BCUT2D eigenvalue weighted by Crippen LogP contribution is -2.52. The largest absolute Gasteiger partial charge is 0.383 e. The van der Waals surface area contributed by atoms with E-state index in [0.29, 0.717) is 12.6 Å². The molecule has 3 N–H and O–H groups in total. The Kier molecular flexibility index (Phi) is 5.94. The van der Waals surface area contributed by atoms with Gasteiger partial charge >= 0.3 is 0 Å². The van der Waals surface area contributed by atoms with Crippen LogP contribution in [0.5, 0.6) is 0 Å². The second-order valence-electron chi connectivity index (χ2n) is 6.10. The SMILES string of the molecule is COCCN1CCCC1CNC(=O)C(C)(N)c1ccccc1. The van der Waals surface area contributed by atoms with E-state index < -0.39 is 5.54 Å². The fourth-order valence-electron chi connectivity index (χ4n) is 2.94. The van der Waals surface area contributed by atoms with Gasteiger partial charge in [0.15, 0.2) is 0 Å². The number of nitrogens with one attached hydrogen (secondary N) is 1. The van der Waals surface area contributed by atoms with Gasteiger partial charge in [-0.3, -0.25) is 9.69 Å². The van der Waals surface area contributed by atoms with Crippen LogP contribution in [-0.2, 0) is 15.1 Å². The van der Waals surface area contributed by atoms with Crippen molar-refractivity contribution in [2.75, 3.05) is 33.4 Å². The van der Waals surface area contributed by atoms with E-state index in [0.717, 1.165) is 31.7 Å². The smallest absolute Gasteiger partial charge is 0.244 e. The van der Waals surface area contributed by atoms with Crippen molar-refractivity contribution in [3.8, 4) is 0 Å². The summed E-state index contributed by atoms with van der Waals surface area (Å²) in [6.45, 7) is 5.11. The van der Waals surface area contributed by atoms with Gasteiger partial charge in [-0.2, -0.15) is 0 Å². The molecule has 0 bridgehead atoms. The first-order valence-corrected chi connectivity index (χ1v) is 7.91. The third-order valence-corrected chi connectivity index (χ3v) is 4.43. The van der Waals surface area contributed by atoms with Crippen molar-refractivity contribution in [3.05, 3.63) is 35.9 Å². The molecule has 1 aromatic rings. The maximum absolute atomic E-state index is 12.5. The minimum absolute atomic E-state index is 0.128. The van der Waals surface area contributed by atoms with Gasteiger partial charge in [-0.1, -0.05) is 30.3 Å². The van der Waals surface area contributed by atoms with Crippen molar-refractivity contribution < 1.29 is 9.53 Å². The highest BCUT2D eigenvalue weighted by molar-refractivity contribution is 5.87. The summed E-state index contributed by atoms with van der Waals surface area (Å²) in [5, 5.41) is 3.02. The third kappa shape index (κ3) is 4.06. The van der Waals surface area contributed by atoms with Crippen molar-refractivity contribution in [3.63, 3.8) is 0 Å². The van der Waals surface area contributed by atoms with Crippen LogP contribution in [0, 0.1) is 0 Å². The third-order valence-electron chi connectivity index (χ3n) is 4.43. The Bertz CT molecular complexity index is 476. The van der Waals surface area contributed by atoms with Gasteiger partial charge in [0.25, 0.3) is 0 Å². The number of rotatable bonds is 7. The van der Waals surface area contributed by atoms with E-state index in [1.54, 1.807) is 14.0 Å². The summed E-state index contributed by atoms with van der Waals surface area (Å²) >= 11 is 0. The van der Waals surface area contributed by atoms with Crippen LogP contribution in [0.2, 0.25) is 0 Å². The number of hydrogen-bond acceptors (Lipinski definition) is 4. The monoisotopic (exact) mass is 305 g/mol. The van der Waals surface area contributed by atoms with Crippen molar-refractivity contribution in [2.45, 2.75) is 31.3 Å². The average molecular weight is 305 g/mol. The molecule has 1 amide bonds. The van der Waals surface area contributed by atoms with Gasteiger partial charge in [0.2, 0.25) is 5.91 Å². The number of carbonyl (C=O) groups excluding carboxylic acids is 1. The topological polar surface area (TPSA) is 67.6 Å². The predicted octanol–water partition coefficient (Wildman–Crippen LogP) is 1.09. The molecule has 0 saturated carbocycles. The molecule has 1 saturated heterocycles. The number of nitrogens with zero attached hydrogens (tertiary/aromatic N) is 1. The lowest BCUT2D eigenvalue weighted by atomic mass is 9.92. The molecule has 0 aliphatic carbocycles. The number of benzene rings is 1. The quantitative estimate of drug-likeness (QED) is 0.791. The molecule has 2 rings (SSSR count). The molecule has 1 aromatic carbocycles. The van der Waals surface area contributed by atoms with Gasteiger partial charge < -0.3 is 15.8 Å². The van der Waals surface area contributed by atoms with E-state index in [-0.39, 0.29) is 5.91 Å². The summed E-state index contributed by atoms with van der Waals surface area (Å²) in [5.41, 5.74) is 6.06. The molecular weight excluding hydrogens is 278 g/mol. The van der Waals surface area contributed by atoms with Crippen molar-refractivity contribution in [1.82, 2.24) is 10.2 Å². The Morgan fingerprint density at radius 1 is 1.45 bits per heavy atom. The van der Waals surface area contributed by atoms with E-state index in [1.165, 1.54) is 6.42 Å². The molecule has 1 aliphatic rings. The van der Waals surface area contributed by atoms with Crippen LogP contribution in [0.3, 0.4) is 0 Å². The second-order valence-corrected chi connectivity index (χ2v) is 6.10. The van der Waals surface area contributed by atoms with E-state index in [1.807, 2.05) is 30.3 Å². The Balaban J connectivity index is 1.89. The van der Waals surface area contributed by atoms with Gasteiger partial charge in [0.1, 0.15) is 5.54 Å². The van der Waals surface area contributed by atoms with Crippen LogP contribution >= 0.6 is 0 Å². The van der Waals surface area contributed by atoms with E-state index in [4.69, 9.17) is 10.5 Å². The average Bonchev–Trinajstić information content (AvgIpc) is 2.98. The normalized spacial score (nSPS) is 21.5. The molecule has 1 heterocycles. The van der Waals surface area contributed by atoms with E-state index in [2.05, 4.69) is 10.2 Å². The Hall–Kier alpha value is -1.43. The molecule has 122 valence electrons. The second kappa shape index (κ2) is 7.72. The molecule has 5 nitrogen and oxygen atoms in total. The van der Waals surface area contributed by atoms with Crippen LogP contribution in [0.4, 0.5) is 0 Å². The van der Waals surface area contributed by atoms with Crippen LogP contribution in [0.15, 0.2) is 30.3 Å². The lowest BCUT2D eigenvalue weighted by Gasteiger charge is -2.28. The minimum Gasteiger partial charge on any atom is -0.383 e. The fraction of sp³-hybridized carbons (Fsp3) is 0.588. The summed E-state index contributed by atoms with van der Waals surface area (Å²) in [4.78, 5) is 14.8. The zero-order chi connectivity index (χ0) is 16.0. The number of nitrogens with two attached hydrogens (primary N) is 1. The Morgan fingerprint density at radius 3 is 2.86 bits per heavy atom. The number of likely N-dealkylation sites (tertiary alicyclic amines) is 1. The summed E-state index contributed by atoms with van der Waals surface area (Å²) in [5.74, 6) is -0.128. The Labute approximate surface area is 132 Å². The maximum atomic E-state index is 12.5. The van der Waals surface area contributed by atoms with Crippen LogP contribution in [0.1, 0.15) is 25.3 Å². The molecule has 0 spiro atoms. The Morgan fingerprint density at radius 2 is 2.18 bits per heavy atom. The fourth-order valence-corrected chi connectivity index (χ4v) is 2.94. The van der Waals surface area contributed by atoms with Crippen molar-refractivity contribution in [2.24, 2.45) is 5.73 Å². The van der Waals surface area contributed by atoms with Gasteiger partial charge in [-0.25, -0.2) is 0 Å². The molecule has 1 aliphatic heterocycles. The summed E-state index contributed by atoms with van der Waals surface area (Å²) < 4.78 is 5.14. The van der Waals surface area contributed by atoms with Crippen LogP contribution in [0.25, 0.3) is 0 Å². The highest BCUT2D eigenvalue weighted by Gasteiger charge is 2.32. The van der Waals surface area contributed by atoms with Gasteiger partial charge in [-0.15, -0.1) is 0 Å². The summed E-state index contributed by atoms with van der Waals surface area (Å²) in [6.07, 6.45) is 2.28. The first-order valence-electron chi connectivity index (χ1n) is 7.91. The molecule has 2 atom stereocenters. The minimum atomic E-state index is -1.00. The molecule has 5 heteroatoms. The highest BCUT2D eigenvalue weighted by Crippen LogP contribution is 2.19. The zero-order valence-corrected chi connectivity index (χ0v) is 13.5. The van der Waals surface area contributed by atoms with Gasteiger partial charge in [0.05, 0.1) is 6.61 Å². The summed E-state index contributed by atoms with van der Waals surface area (Å²) in [6, 6.07) is 9.88. The molecule has 0 radical (unpaired) electrons. The van der Waals surface area contributed by atoms with Crippen molar-refractivity contribution in [1.29, 1.82) is 0 Å². The molecule has 22 heavy (non-hydrogen) atoms. The standard InChI is InChI=1S/C17H27N3O2/c1-17(18,14-7-4-3-5-8-14)16(21)19-13-15-9-6-10-20(15)11-12-22-2/h3-5,7-8,15H,6,9-13,18H2,1-2H3,(H,19,21). The van der Waals surface area contributed by atoms with E-state index >= 15 is 0 Å². The molecule has 1 fully saturated rings. The molecule has 0 aromatic heterocycles. The number of amides is 1. The molecule has 2 unspecified atom stereocenters. The predicted molar refractivity (Wildman–Crippen MR) is 87.5 cm³/mol. The zero-order valence-electron chi connectivity index (χ0n) is 13.5. The highest BCUT2D eigenvalue weighted by atomic mass is 16.5. The maximum Gasteiger partial charge on any atom is 0.244 e. The van der Waals surface area contributed by atoms with Crippen LogP contribution in [-0.4, -0.2) is 50.2 Å². The molecular formula is C17H27N3O2.